The highest BCUT2D eigenvalue weighted by molar-refractivity contribution is 8.27. The first-order valence-electron chi connectivity index (χ1n) is 10.1. The lowest BCUT2D eigenvalue weighted by molar-refractivity contribution is -0.113. The molecule has 3 aromatic rings. The Bertz CT molecular complexity index is 1230. The Kier molecular flexibility index (Phi) is 7.60. The Morgan fingerprint density at radius 3 is 2.52 bits per heavy atom. The van der Waals surface area contributed by atoms with Gasteiger partial charge in [-0.15, -0.1) is 0 Å². The number of hydrogen-bond donors (Lipinski definition) is 0. The summed E-state index contributed by atoms with van der Waals surface area (Å²) in [4.78, 5) is 15.1. The molecule has 4 rings (SSSR count). The molecule has 1 heterocycles. The summed E-state index contributed by atoms with van der Waals surface area (Å²) in [7, 11) is 0. The maximum absolute atomic E-state index is 13.0. The quantitative estimate of drug-likeness (QED) is 0.242. The zero-order valence-electron chi connectivity index (χ0n) is 17.6. The van der Waals surface area contributed by atoms with Gasteiger partial charge in [0.1, 0.15) is 6.61 Å². The van der Waals surface area contributed by atoms with Crippen LogP contribution in [0.15, 0.2) is 71.6 Å². The largest absolute Gasteiger partial charge is 0.490 e. The molecule has 0 unspecified atom stereocenters. The standard InChI is InChI=1S/C25H19Cl2NO3S2/c1-2-30-22-12-16(8-11-21(22)31-15-17-9-10-18(26)14-20(17)27)13-23-24(29)28(25(32)33-23)19-6-4-3-5-7-19/h3-14H,2,15H2,1H3/b23-13-. The zero-order chi connectivity index (χ0) is 23.4. The van der Waals surface area contributed by atoms with E-state index < -0.39 is 0 Å². The molecule has 0 saturated carbocycles. The number of thioether (sulfide) groups is 1. The number of carbonyl (C=O) groups excluding carboxylic acids is 1. The zero-order valence-corrected chi connectivity index (χ0v) is 20.7. The highest BCUT2D eigenvalue weighted by Gasteiger charge is 2.33. The fraction of sp³-hybridized carbons (Fsp3) is 0.120. The number of nitrogens with zero attached hydrogens (tertiary/aromatic N) is 1. The number of halogens is 2. The van der Waals surface area contributed by atoms with Crippen LogP contribution in [0.1, 0.15) is 18.1 Å². The van der Waals surface area contributed by atoms with Crippen LogP contribution in [0.3, 0.4) is 0 Å². The molecule has 168 valence electrons. The van der Waals surface area contributed by atoms with Gasteiger partial charge in [0.2, 0.25) is 0 Å². The van der Waals surface area contributed by atoms with Crippen LogP contribution >= 0.6 is 47.2 Å². The molecular formula is C25H19Cl2NO3S2. The second-order valence-corrected chi connectivity index (χ2v) is 9.54. The summed E-state index contributed by atoms with van der Waals surface area (Å²) in [5.41, 5.74) is 2.38. The summed E-state index contributed by atoms with van der Waals surface area (Å²) in [6, 6.07) is 20.2. The van der Waals surface area contributed by atoms with Gasteiger partial charge in [-0.05, 0) is 55.0 Å². The van der Waals surface area contributed by atoms with Crippen LogP contribution in [-0.2, 0) is 11.4 Å². The van der Waals surface area contributed by atoms with E-state index in [1.54, 1.807) is 17.0 Å². The Hall–Kier alpha value is -2.51. The molecule has 1 saturated heterocycles. The van der Waals surface area contributed by atoms with E-state index in [4.69, 9.17) is 44.9 Å². The Morgan fingerprint density at radius 2 is 1.79 bits per heavy atom. The molecule has 4 nitrogen and oxygen atoms in total. The van der Waals surface area contributed by atoms with Crippen molar-refractivity contribution in [2.24, 2.45) is 0 Å². The van der Waals surface area contributed by atoms with Crippen molar-refractivity contribution < 1.29 is 14.3 Å². The number of ether oxygens (including phenoxy) is 2. The lowest BCUT2D eigenvalue weighted by Crippen LogP contribution is -2.27. The van der Waals surface area contributed by atoms with Crippen LogP contribution in [0.2, 0.25) is 10.0 Å². The lowest BCUT2D eigenvalue weighted by atomic mass is 10.1. The Morgan fingerprint density at radius 1 is 1.00 bits per heavy atom. The highest BCUT2D eigenvalue weighted by Crippen LogP contribution is 2.37. The molecule has 1 aliphatic heterocycles. The summed E-state index contributed by atoms with van der Waals surface area (Å²) in [6.07, 6.45) is 1.81. The molecule has 0 spiro atoms. The monoisotopic (exact) mass is 515 g/mol. The molecule has 0 aliphatic carbocycles. The lowest BCUT2D eigenvalue weighted by Gasteiger charge is -2.14. The molecule has 1 amide bonds. The van der Waals surface area contributed by atoms with Gasteiger partial charge >= 0.3 is 0 Å². The summed E-state index contributed by atoms with van der Waals surface area (Å²) >= 11 is 18.9. The summed E-state index contributed by atoms with van der Waals surface area (Å²) < 4.78 is 12.2. The summed E-state index contributed by atoms with van der Waals surface area (Å²) in [5.74, 6) is 1.01. The van der Waals surface area contributed by atoms with Crippen molar-refractivity contribution in [1.29, 1.82) is 0 Å². The third kappa shape index (κ3) is 5.53. The number of para-hydroxylation sites is 1. The van der Waals surface area contributed by atoms with Gasteiger partial charge in [-0.1, -0.05) is 77.5 Å². The molecule has 1 fully saturated rings. The molecule has 0 N–H and O–H groups in total. The van der Waals surface area contributed by atoms with Crippen molar-refractivity contribution in [1.82, 2.24) is 0 Å². The SMILES string of the molecule is CCOc1cc(/C=C2\SC(=S)N(c3ccccc3)C2=O)ccc1OCc1ccc(Cl)cc1Cl. The number of benzene rings is 3. The van der Waals surface area contributed by atoms with Gasteiger partial charge in [-0.3, -0.25) is 9.69 Å². The number of hydrogen-bond acceptors (Lipinski definition) is 5. The maximum Gasteiger partial charge on any atom is 0.270 e. The van der Waals surface area contributed by atoms with Crippen molar-refractivity contribution in [3.05, 3.63) is 92.8 Å². The fourth-order valence-electron chi connectivity index (χ4n) is 3.21. The molecule has 1 aliphatic rings. The van der Waals surface area contributed by atoms with Gasteiger partial charge in [-0.25, -0.2) is 0 Å². The molecule has 0 aromatic heterocycles. The average Bonchev–Trinajstić information content (AvgIpc) is 3.07. The van der Waals surface area contributed by atoms with Gasteiger partial charge < -0.3 is 9.47 Å². The van der Waals surface area contributed by atoms with E-state index in [9.17, 15) is 4.79 Å². The van der Waals surface area contributed by atoms with Crippen molar-refractivity contribution in [3.8, 4) is 11.5 Å². The van der Waals surface area contributed by atoms with Crippen molar-refractivity contribution >= 4 is 69.2 Å². The second-order valence-electron chi connectivity index (χ2n) is 7.02. The maximum atomic E-state index is 13.0. The molecule has 33 heavy (non-hydrogen) atoms. The molecular weight excluding hydrogens is 497 g/mol. The van der Waals surface area contributed by atoms with Gasteiger partial charge in [0, 0.05) is 15.6 Å². The first-order chi connectivity index (χ1) is 16.0. The summed E-state index contributed by atoms with van der Waals surface area (Å²) in [5, 5.41) is 1.11. The van der Waals surface area contributed by atoms with Crippen LogP contribution in [0.5, 0.6) is 11.5 Å². The van der Waals surface area contributed by atoms with Gasteiger partial charge in [0.25, 0.3) is 5.91 Å². The highest BCUT2D eigenvalue weighted by atomic mass is 35.5. The predicted molar refractivity (Wildman–Crippen MR) is 140 cm³/mol. The number of rotatable bonds is 7. The van der Waals surface area contributed by atoms with E-state index in [-0.39, 0.29) is 12.5 Å². The minimum Gasteiger partial charge on any atom is -0.490 e. The minimum absolute atomic E-state index is 0.146. The third-order valence-corrected chi connectivity index (χ3v) is 6.66. The van der Waals surface area contributed by atoms with E-state index in [1.165, 1.54) is 11.8 Å². The predicted octanol–water partition coefficient (Wildman–Crippen LogP) is 7.38. The van der Waals surface area contributed by atoms with Crippen LogP contribution in [0.4, 0.5) is 5.69 Å². The first kappa shape index (κ1) is 23.6. The molecule has 0 bridgehead atoms. The second kappa shape index (κ2) is 10.6. The average molecular weight is 516 g/mol. The minimum atomic E-state index is -0.146. The third-order valence-electron chi connectivity index (χ3n) is 4.77. The van der Waals surface area contributed by atoms with Crippen molar-refractivity contribution in [3.63, 3.8) is 0 Å². The summed E-state index contributed by atoms with van der Waals surface area (Å²) in [6.45, 7) is 2.64. The van der Waals surface area contributed by atoms with E-state index in [0.29, 0.717) is 37.4 Å². The van der Waals surface area contributed by atoms with E-state index >= 15 is 0 Å². The number of amides is 1. The molecule has 0 radical (unpaired) electrons. The van der Waals surface area contributed by atoms with Crippen LogP contribution in [-0.4, -0.2) is 16.8 Å². The van der Waals surface area contributed by atoms with Crippen LogP contribution in [0, 0.1) is 0 Å². The first-order valence-corrected chi connectivity index (χ1v) is 12.1. The van der Waals surface area contributed by atoms with E-state index in [0.717, 1.165) is 16.8 Å². The van der Waals surface area contributed by atoms with Gasteiger partial charge in [0.15, 0.2) is 15.8 Å². The Balaban J connectivity index is 1.55. The van der Waals surface area contributed by atoms with Crippen LogP contribution in [0.25, 0.3) is 6.08 Å². The van der Waals surface area contributed by atoms with Crippen LogP contribution < -0.4 is 14.4 Å². The molecule has 0 atom stereocenters. The van der Waals surface area contributed by atoms with Crippen molar-refractivity contribution in [2.45, 2.75) is 13.5 Å². The topological polar surface area (TPSA) is 38.8 Å². The molecule has 3 aromatic carbocycles. The number of carbonyl (C=O) groups is 1. The number of thiocarbonyl (C=S) groups is 1. The van der Waals surface area contributed by atoms with E-state index in [1.807, 2.05) is 67.6 Å². The Labute approximate surface area is 212 Å². The smallest absolute Gasteiger partial charge is 0.270 e. The van der Waals surface area contributed by atoms with E-state index in [2.05, 4.69) is 0 Å². The van der Waals surface area contributed by atoms with Crippen molar-refractivity contribution in [2.75, 3.05) is 11.5 Å². The normalized spacial score (nSPS) is 14.8. The van der Waals surface area contributed by atoms with Gasteiger partial charge in [0.05, 0.1) is 17.2 Å². The molecule has 8 heteroatoms. The number of anilines is 1. The fourth-order valence-corrected chi connectivity index (χ4v) is 4.98. The van der Waals surface area contributed by atoms with Gasteiger partial charge in [-0.2, -0.15) is 0 Å².